The Hall–Kier alpha value is -4.02. The molecular weight excluding hydrogens is 610 g/mol. The fraction of sp³-hybridized carbons (Fsp3) is 0.543. The van der Waals surface area contributed by atoms with Gasteiger partial charge in [-0.2, -0.15) is 5.26 Å². The van der Waals surface area contributed by atoms with Crippen LogP contribution in [0, 0.1) is 35.0 Å². The smallest absolute Gasteiger partial charge is 0.343 e. The van der Waals surface area contributed by atoms with Crippen molar-refractivity contribution in [3.8, 4) is 17.6 Å². The van der Waals surface area contributed by atoms with Crippen molar-refractivity contribution in [1.29, 1.82) is 5.26 Å². The van der Waals surface area contributed by atoms with Gasteiger partial charge in [0, 0.05) is 23.8 Å². The minimum absolute atomic E-state index is 0.0190. The summed E-state index contributed by atoms with van der Waals surface area (Å²) in [6.45, 7) is 6.01. The van der Waals surface area contributed by atoms with Gasteiger partial charge in [-0.3, -0.25) is 9.59 Å². The SMILES string of the molecule is COc1cc(C(C#N)OC(=O)CCC(=O)O[C@@H]2O[C@@H]3O[C@]4(C)CCC5[C@H](C)CCC([C@H]2C)[C@]53OO4)ccc1OC(=O)c1ccccc1. The van der Waals surface area contributed by atoms with Crippen molar-refractivity contribution in [3.63, 3.8) is 0 Å². The van der Waals surface area contributed by atoms with Crippen LogP contribution in [-0.2, 0) is 38.3 Å². The van der Waals surface area contributed by atoms with Crippen LogP contribution < -0.4 is 9.47 Å². The van der Waals surface area contributed by atoms with E-state index in [1.807, 2.05) is 19.9 Å². The third-order valence-electron chi connectivity index (χ3n) is 9.95. The molecule has 12 nitrogen and oxygen atoms in total. The molecule has 4 heterocycles. The van der Waals surface area contributed by atoms with E-state index >= 15 is 0 Å². The van der Waals surface area contributed by atoms with Gasteiger partial charge in [0.25, 0.3) is 0 Å². The summed E-state index contributed by atoms with van der Waals surface area (Å²) in [5.74, 6) is -2.29. The second kappa shape index (κ2) is 13.2. The fourth-order valence-corrected chi connectivity index (χ4v) is 7.42. The minimum atomic E-state index is -1.29. The number of hydrogen-bond acceptors (Lipinski definition) is 12. The molecule has 5 aliphatic rings. The van der Waals surface area contributed by atoms with Crippen LogP contribution >= 0.6 is 0 Å². The van der Waals surface area contributed by atoms with Gasteiger partial charge >= 0.3 is 17.9 Å². The Morgan fingerprint density at radius 3 is 2.49 bits per heavy atom. The normalized spacial score (nSPS) is 32.9. The Bertz CT molecular complexity index is 1540. The van der Waals surface area contributed by atoms with Crippen LogP contribution in [-0.4, -0.2) is 49.0 Å². The van der Waals surface area contributed by atoms with Gasteiger partial charge in [-0.15, -0.1) is 0 Å². The molecule has 1 aliphatic carbocycles. The van der Waals surface area contributed by atoms with E-state index in [0.717, 1.165) is 19.3 Å². The summed E-state index contributed by atoms with van der Waals surface area (Å²) in [5.41, 5.74) is -0.124. The molecule has 5 fully saturated rings. The van der Waals surface area contributed by atoms with E-state index in [-0.39, 0.29) is 42.1 Å². The van der Waals surface area contributed by atoms with Crippen LogP contribution in [0.2, 0.25) is 0 Å². The first-order chi connectivity index (χ1) is 22.6. The number of ether oxygens (including phenoxy) is 6. The van der Waals surface area contributed by atoms with E-state index in [4.69, 9.17) is 38.2 Å². The summed E-state index contributed by atoms with van der Waals surface area (Å²) in [7, 11) is 1.38. The predicted octanol–water partition coefficient (Wildman–Crippen LogP) is 5.55. The maximum Gasteiger partial charge on any atom is 0.343 e. The van der Waals surface area contributed by atoms with Gasteiger partial charge in [-0.1, -0.05) is 38.1 Å². The molecule has 9 atom stereocenters. The van der Waals surface area contributed by atoms with Gasteiger partial charge in [0.15, 0.2) is 23.4 Å². The lowest BCUT2D eigenvalue weighted by Crippen LogP contribution is -2.70. The highest BCUT2D eigenvalue weighted by molar-refractivity contribution is 5.91. The molecule has 2 aromatic rings. The second-order valence-corrected chi connectivity index (χ2v) is 12.9. The summed E-state index contributed by atoms with van der Waals surface area (Å²) in [5, 5.41) is 9.75. The van der Waals surface area contributed by atoms with Crippen LogP contribution in [0.4, 0.5) is 0 Å². The van der Waals surface area contributed by atoms with Crippen molar-refractivity contribution in [2.24, 2.45) is 23.7 Å². The minimum Gasteiger partial charge on any atom is -0.493 e. The number of carbonyl (C=O) groups is 3. The molecule has 2 bridgehead atoms. The lowest BCUT2D eigenvalue weighted by Gasteiger charge is -2.59. The molecule has 12 heteroatoms. The van der Waals surface area contributed by atoms with Gasteiger partial charge in [0.1, 0.15) is 6.07 Å². The van der Waals surface area contributed by atoms with Crippen LogP contribution in [0.25, 0.3) is 0 Å². The number of nitrogens with zero attached hydrogens (tertiary/aromatic N) is 1. The van der Waals surface area contributed by atoms with E-state index in [1.54, 1.807) is 30.3 Å². The van der Waals surface area contributed by atoms with Crippen LogP contribution in [0.3, 0.4) is 0 Å². The molecule has 2 aromatic carbocycles. The molecule has 47 heavy (non-hydrogen) atoms. The lowest BCUT2D eigenvalue weighted by molar-refractivity contribution is -0.576. The molecule has 4 saturated heterocycles. The molecule has 3 unspecified atom stereocenters. The lowest BCUT2D eigenvalue weighted by atomic mass is 9.58. The van der Waals surface area contributed by atoms with Crippen molar-refractivity contribution in [1.82, 2.24) is 0 Å². The Morgan fingerprint density at radius 2 is 1.74 bits per heavy atom. The van der Waals surface area contributed by atoms with Crippen LogP contribution in [0.5, 0.6) is 11.5 Å². The zero-order valence-electron chi connectivity index (χ0n) is 26.8. The molecule has 0 radical (unpaired) electrons. The van der Waals surface area contributed by atoms with Gasteiger partial charge < -0.3 is 28.4 Å². The topological polar surface area (TPSA) is 149 Å². The van der Waals surface area contributed by atoms with Gasteiger partial charge in [-0.25, -0.2) is 14.6 Å². The summed E-state index contributed by atoms with van der Waals surface area (Å²) in [4.78, 5) is 50.1. The van der Waals surface area contributed by atoms with Crippen molar-refractivity contribution in [2.75, 3.05) is 7.11 Å². The van der Waals surface area contributed by atoms with Crippen LogP contribution in [0.1, 0.15) is 81.3 Å². The van der Waals surface area contributed by atoms with Crippen LogP contribution in [0.15, 0.2) is 48.5 Å². The number of hydrogen-bond donors (Lipinski definition) is 0. The quantitative estimate of drug-likeness (QED) is 0.190. The van der Waals surface area contributed by atoms with E-state index in [1.165, 1.54) is 25.3 Å². The number of benzene rings is 2. The zero-order chi connectivity index (χ0) is 33.3. The Morgan fingerprint density at radius 1 is 0.979 bits per heavy atom. The highest BCUT2D eigenvalue weighted by atomic mass is 17.3. The second-order valence-electron chi connectivity index (χ2n) is 12.9. The molecule has 250 valence electrons. The van der Waals surface area contributed by atoms with E-state index < -0.39 is 48.0 Å². The molecule has 7 rings (SSSR count). The maximum absolute atomic E-state index is 12.9. The first kappa shape index (κ1) is 32.9. The highest BCUT2D eigenvalue weighted by Crippen LogP contribution is 2.60. The first-order valence-electron chi connectivity index (χ1n) is 16.0. The average Bonchev–Trinajstić information content (AvgIpc) is 3.31. The molecule has 0 aromatic heterocycles. The maximum atomic E-state index is 12.9. The van der Waals surface area contributed by atoms with Gasteiger partial charge in [0.2, 0.25) is 18.2 Å². The molecule has 0 N–H and O–H groups in total. The third kappa shape index (κ3) is 6.33. The van der Waals surface area contributed by atoms with Gasteiger partial charge in [-0.05, 0) is 62.3 Å². The van der Waals surface area contributed by atoms with E-state index in [2.05, 4.69) is 6.92 Å². The molecule has 4 aliphatic heterocycles. The van der Waals surface area contributed by atoms with E-state index in [0.29, 0.717) is 23.5 Å². The van der Waals surface area contributed by atoms with Crippen molar-refractivity contribution in [3.05, 3.63) is 59.7 Å². The molecular formula is C35H39NO11. The summed E-state index contributed by atoms with van der Waals surface area (Å²) >= 11 is 0. The largest absolute Gasteiger partial charge is 0.493 e. The monoisotopic (exact) mass is 649 g/mol. The predicted molar refractivity (Wildman–Crippen MR) is 161 cm³/mol. The number of methoxy groups -OCH3 is 1. The number of esters is 3. The Labute approximate surface area is 273 Å². The number of fused-ring (bicyclic) bond motifs is 2. The fourth-order valence-electron chi connectivity index (χ4n) is 7.42. The van der Waals surface area contributed by atoms with Gasteiger partial charge in [0.05, 0.1) is 25.5 Å². The van der Waals surface area contributed by atoms with Crippen molar-refractivity contribution in [2.45, 2.75) is 89.4 Å². The number of carbonyl (C=O) groups excluding carboxylic acids is 3. The standard InChI is InChI=1S/C35H39NO11/c1-20-10-12-25-21(2)32(44-33-35(25)24(20)16-17-34(3,45-33)46-47-35)43-30(38)15-14-29(37)41-28(19-36)23-11-13-26(27(18-23)40-4)42-31(39)22-8-6-5-7-9-22/h5-9,11,13,18,20-21,24-25,28,32-33H,10,12,14-17H2,1-4H3/t20-,21-,24?,25?,28?,32-,33-,34+,35-/m1/s1. The van der Waals surface area contributed by atoms with Crippen molar-refractivity contribution < 1.29 is 52.6 Å². The Balaban J connectivity index is 1.05. The zero-order valence-corrected chi connectivity index (χ0v) is 26.8. The average molecular weight is 650 g/mol. The summed E-state index contributed by atoms with van der Waals surface area (Å²) in [6, 6.07) is 14.8. The number of rotatable bonds is 9. The molecule has 1 saturated carbocycles. The Kier molecular flexibility index (Phi) is 9.27. The number of nitriles is 1. The summed E-state index contributed by atoms with van der Waals surface area (Å²) < 4.78 is 34.5. The third-order valence-corrected chi connectivity index (χ3v) is 9.95. The highest BCUT2D eigenvalue weighted by Gasteiger charge is 2.69. The molecule has 0 amide bonds. The molecule has 1 spiro atoms. The summed E-state index contributed by atoms with van der Waals surface area (Å²) in [6.07, 6.45) is -0.139. The first-order valence-corrected chi connectivity index (χ1v) is 16.0. The van der Waals surface area contributed by atoms with E-state index in [9.17, 15) is 19.6 Å². The van der Waals surface area contributed by atoms with Crippen molar-refractivity contribution >= 4 is 17.9 Å².